The highest BCUT2D eigenvalue weighted by Gasteiger charge is 2.41. The van der Waals surface area contributed by atoms with E-state index in [2.05, 4.69) is 16.0 Å². The van der Waals surface area contributed by atoms with Gasteiger partial charge in [-0.05, 0) is 62.9 Å². The molecule has 114 valence electrons. The van der Waals surface area contributed by atoms with Crippen molar-refractivity contribution in [3.63, 3.8) is 0 Å². The maximum atomic E-state index is 12.1. The lowest BCUT2D eigenvalue weighted by atomic mass is 9.70. The van der Waals surface area contributed by atoms with Gasteiger partial charge >= 0.3 is 6.03 Å². The predicted molar refractivity (Wildman–Crippen MR) is 82.8 cm³/mol. The predicted octanol–water partition coefficient (Wildman–Crippen LogP) is 2.49. The maximum Gasteiger partial charge on any atom is 0.319 e. The number of amides is 2. The number of benzene rings is 1. The van der Waals surface area contributed by atoms with Crippen molar-refractivity contribution in [2.45, 2.75) is 43.7 Å². The SMILES string of the molecule is COc1ccc(NC(=O)NC2CCNC3(CCC3)C2)cc1. The molecule has 1 saturated heterocycles. The molecule has 2 aliphatic rings. The Hall–Kier alpha value is -1.75. The van der Waals surface area contributed by atoms with E-state index in [4.69, 9.17) is 4.74 Å². The van der Waals surface area contributed by atoms with E-state index in [1.54, 1.807) is 7.11 Å². The second kappa shape index (κ2) is 5.93. The van der Waals surface area contributed by atoms with Crippen LogP contribution in [0.4, 0.5) is 10.5 Å². The van der Waals surface area contributed by atoms with Crippen molar-refractivity contribution in [3.8, 4) is 5.75 Å². The summed E-state index contributed by atoms with van der Waals surface area (Å²) < 4.78 is 5.10. The molecule has 5 heteroatoms. The third-order valence-corrected chi connectivity index (χ3v) is 4.62. The van der Waals surface area contributed by atoms with Crippen LogP contribution < -0.4 is 20.7 Å². The Morgan fingerprint density at radius 1 is 1.33 bits per heavy atom. The Morgan fingerprint density at radius 3 is 2.71 bits per heavy atom. The second-order valence-electron chi connectivity index (χ2n) is 6.08. The van der Waals surface area contributed by atoms with Crippen LogP contribution in [0.5, 0.6) is 5.75 Å². The van der Waals surface area contributed by atoms with Crippen LogP contribution in [0.15, 0.2) is 24.3 Å². The van der Waals surface area contributed by atoms with E-state index in [0.29, 0.717) is 5.54 Å². The van der Waals surface area contributed by atoms with Crippen LogP contribution in [-0.2, 0) is 0 Å². The first-order valence-electron chi connectivity index (χ1n) is 7.66. The van der Waals surface area contributed by atoms with Crippen LogP contribution in [0, 0.1) is 0 Å². The normalized spacial score (nSPS) is 23.2. The standard InChI is InChI=1S/C16H23N3O2/c1-21-14-5-3-12(4-6-14)18-15(20)19-13-7-10-17-16(11-13)8-2-9-16/h3-6,13,17H,2,7-11H2,1H3,(H2,18,19,20). The zero-order chi connectivity index (χ0) is 14.7. The van der Waals surface area contributed by atoms with Gasteiger partial charge in [0.25, 0.3) is 0 Å². The molecule has 0 radical (unpaired) electrons. The summed E-state index contributed by atoms with van der Waals surface area (Å²) in [6, 6.07) is 7.50. The summed E-state index contributed by atoms with van der Waals surface area (Å²) >= 11 is 0. The Labute approximate surface area is 125 Å². The fourth-order valence-corrected chi connectivity index (χ4v) is 3.29. The molecule has 1 unspecified atom stereocenters. The zero-order valence-electron chi connectivity index (χ0n) is 12.4. The number of urea groups is 1. The van der Waals surface area contributed by atoms with E-state index >= 15 is 0 Å². The van der Waals surface area contributed by atoms with Crippen molar-refractivity contribution in [1.82, 2.24) is 10.6 Å². The van der Waals surface area contributed by atoms with Crippen LogP contribution in [0.1, 0.15) is 32.1 Å². The van der Waals surface area contributed by atoms with Gasteiger partial charge in [0.2, 0.25) is 0 Å². The fraction of sp³-hybridized carbons (Fsp3) is 0.562. The van der Waals surface area contributed by atoms with Crippen LogP contribution in [0.3, 0.4) is 0 Å². The average Bonchev–Trinajstić information content (AvgIpc) is 2.46. The van der Waals surface area contributed by atoms with Crippen molar-refractivity contribution >= 4 is 11.7 Å². The van der Waals surface area contributed by atoms with Gasteiger partial charge in [0.1, 0.15) is 5.75 Å². The van der Waals surface area contributed by atoms with Gasteiger partial charge in [-0.3, -0.25) is 0 Å². The van der Waals surface area contributed by atoms with E-state index in [9.17, 15) is 4.79 Å². The summed E-state index contributed by atoms with van der Waals surface area (Å²) in [6.07, 6.45) is 5.83. The number of nitrogens with one attached hydrogen (secondary N) is 3. The summed E-state index contributed by atoms with van der Waals surface area (Å²) in [5.41, 5.74) is 1.08. The third-order valence-electron chi connectivity index (χ3n) is 4.62. The lowest BCUT2D eigenvalue weighted by Crippen LogP contribution is -2.60. The average molecular weight is 289 g/mol. The van der Waals surface area contributed by atoms with Crippen LogP contribution in [-0.4, -0.2) is 31.3 Å². The first-order valence-corrected chi connectivity index (χ1v) is 7.66. The highest BCUT2D eigenvalue weighted by atomic mass is 16.5. The highest BCUT2D eigenvalue weighted by Crippen LogP contribution is 2.38. The molecule has 1 aliphatic heterocycles. The number of rotatable bonds is 3. The molecule has 1 aromatic rings. The molecule has 1 heterocycles. The van der Waals surface area contributed by atoms with Crippen molar-refractivity contribution in [2.24, 2.45) is 0 Å². The van der Waals surface area contributed by atoms with Gasteiger partial charge in [-0.1, -0.05) is 0 Å². The number of anilines is 1. The summed E-state index contributed by atoms with van der Waals surface area (Å²) in [5.74, 6) is 0.784. The number of piperidine rings is 1. The highest BCUT2D eigenvalue weighted by molar-refractivity contribution is 5.89. The molecule has 5 nitrogen and oxygen atoms in total. The van der Waals surface area contributed by atoms with Crippen molar-refractivity contribution in [2.75, 3.05) is 19.0 Å². The van der Waals surface area contributed by atoms with Gasteiger partial charge in [-0.2, -0.15) is 0 Å². The first kappa shape index (κ1) is 14.2. The second-order valence-corrected chi connectivity index (χ2v) is 6.08. The smallest absolute Gasteiger partial charge is 0.319 e. The summed E-state index contributed by atoms with van der Waals surface area (Å²) in [5, 5.41) is 9.59. The van der Waals surface area contributed by atoms with Gasteiger partial charge < -0.3 is 20.7 Å². The number of hydrogen-bond donors (Lipinski definition) is 3. The molecule has 1 spiro atoms. The number of methoxy groups -OCH3 is 1. The Kier molecular flexibility index (Phi) is 4.01. The summed E-state index contributed by atoms with van der Waals surface area (Å²) in [4.78, 5) is 12.1. The van der Waals surface area contributed by atoms with E-state index in [1.165, 1.54) is 19.3 Å². The molecule has 21 heavy (non-hydrogen) atoms. The number of hydrogen-bond acceptors (Lipinski definition) is 3. The summed E-state index contributed by atoms with van der Waals surface area (Å²) in [7, 11) is 1.63. The molecule has 2 amide bonds. The van der Waals surface area contributed by atoms with Gasteiger partial charge in [0.05, 0.1) is 7.11 Å². The largest absolute Gasteiger partial charge is 0.497 e. The minimum absolute atomic E-state index is 0.124. The quantitative estimate of drug-likeness (QED) is 0.801. The van der Waals surface area contributed by atoms with E-state index in [-0.39, 0.29) is 12.1 Å². The van der Waals surface area contributed by atoms with E-state index in [0.717, 1.165) is 30.8 Å². The topological polar surface area (TPSA) is 62.4 Å². The molecule has 2 fully saturated rings. The molecule has 3 rings (SSSR count). The van der Waals surface area contributed by atoms with Gasteiger partial charge in [0, 0.05) is 17.3 Å². The molecule has 1 saturated carbocycles. The first-order chi connectivity index (χ1) is 10.2. The third kappa shape index (κ3) is 3.29. The molecular weight excluding hydrogens is 266 g/mol. The van der Waals surface area contributed by atoms with Crippen LogP contribution >= 0.6 is 0 Å². The Bertz CT molecular complexity index is 497. The molecule has 1 atom stereocenters. The van der Waals surface area contributed by atoms with Gasteiger partial charge in [0.15, 0.2) is 0 Å². The number of ether oxygens (including phenoxy) is 1. The minimum atomic E-state index is -0.124. The lowest BCUT2D eigenvalue weighted by molar-refractivity contribution is 0.122. The van der Waals surface area contributed by atoms with Crippen molar-refractivity contribution in [1.29, 1.82) is 0 Å². The molecule has 0 aromatic heterocycles. The lowest BCUT2D eigenvalue weighted by Gasteiger charge is -2.48. The fourth-order valence-electron chi connectivity index (χ4n) is 3.29. The van der Waals surface area contributed by atoms with Gasteiger partial charge in [-0.25, -0.2) is 4.79 Å². The number of carbonyl (C=O) groups is 1. The van der Waals surface area contributed by atoms with E-state index in [1.807, 2.05) is 24.3 Å². The summed E-state index contributed by atoms with van der Waals surface area (Å²) in [6.45, 7) is 0.994. The minimum Gasteiger partial charge on any atom is -0.497 e. The zero-order valence-corrected chi connectivity index (χ0v) is 12.4. The van der Waals surface area contributed by atoms with Crippen LogP contribution in [0.2, 0.25) is 0 Å². The number of carbonyl (C=O) groups excluding carboxylic acids is 1. The van der Waals surface area contributed by atoms with Crippen LogP contribution in [0.25, 0.3) is 0 Å². The maximum absolute atomic E-state index is 12.1. The monoisotopic (exact) mass is 289 g/mol. The Morgan fingerprint density at radius 2 is 2.10 bits per heavy atom. The molecule has 0 bridgehead atoms. The van der Waals surface area contributed by atoms with Crippen molar-refractivity contribution < 1.29 is 9.53 Å². The molecule has 3 N–H and O–H groups in total. The molecule has 1 aromatic carbocycles. The Balaban J connectivity index is 1.51. The van der Waals surface area contributed by atoms with Gasteiger partial charge in [-0.15, -0.1) is 0 Å². The molecule has 1 aliphatic carbocycles. The molecular formula is C16H23N3O2. The van der Waals surface area contributed by atoms with Crippen molar-refractivity contribution in [3.05, 3.63) is 24.3 Å². The van der Waals surface area contributed by atoms with E-state index < -0.39 is 0 Å².